The number of nitrogens with one attached hydrogen (secondary N) is 1. The zero-order chi connectivity index (χ0) is 11.2. The first-order valence-electron chi connectivity index (χ1n) is 6.03. The molecule has 1 amide bonds. The van der Waals surface area contributed by atoms with Crippen LogP contribution in [0.25, 0.3) is 0 Å². The fourth-order valence-corrected chi connectivity index (χ4v) is 2.17. The van der Waals surface area contributed by atoms with Crippen molar-refractivity contribution < 1.29 is 4.79 Å². The Morgan fingerprint density at radius 2 is 2.12 bits per heavy atom. The molecule has 0 spiro atoms. The maximum atomic E-state index is 11.7. The van der Waals surface area contributed by atoms with Crippen molar-refractivity contribution >= 4 is 5.91 Å². The Morgan fingerprint density at radius 3 is 2.94 bits per heavy atom. The van der Waals surface area contributed by atoms with Gasteiger partial charge in [-0.2, -0.15) is 0 Å². The summed E-state index contributed by atoms with van der Waals surface area (Å²) in [6.07, 6.45) is 8.87. The highest BCUT2D eigenvalue weighted by Crippen LogP contribution is 2.18. The Kier molecular flexibility index (Phi) is 3.91. The predicted molar refractivity (Wildman–Crippen MR) is 62.9 cm³/mol. The van der Waals surface area contributed by atoms with Gasteiger partial charge in [-0.25, -0.2) is 0 Å². The molecule has 3 nitrogen and oxygen atoms in total. The Hall–Kier alpha value is -1.38. The lowest BCUT2D eigenvalue weighted by molar-refractivity contribution is -0.124. The number of hydrogen-bond donors (Lipinski definition) is 1. The summed E-state index contributed by atoms with van der Waals surface area (Å²) in [5.74, 6) is 0.447. The highest BCUT2D eigenvalue weighted by Gasteiger charge is 2.19. The molecule has 2 heterocycles. The first-order chi connectivity index (χ1) is 7.86. The smallest absolute Gasteiger partial charge is 0.223 e. The largest absolute Gasteiger partial charge is 0.356 e. The zero-order valence-corrected chi connectivity index (χ0v) is 9.48. The van der Waals surface area contributed by atoms with E-state index in [1.807, 2.05) is 24.5 Å². The Balaban J connectivity index is 1.86. The van der Waals surface area contributed by atoms with Gasteiger partial charge in [-0.3, -0.25) is 9.78 Å². The van der Waals surface area contributed by atoms with Crippen LogP contribution in [-0.4, -0.2) is 17.4 Å². The van der Waals surface area contributed by atoms with Crippen molar-refractivity contribution in [3.05, 3.63) is 30.1 Å². The minimum Gasteiger partial charge on any atom is -0.356 e. The second-order valence-corrected chi connectivity index (χ2v) is 4.38. The quantitative estimate of drug-likeness (QED) is 0.842. The molecule has 86 valence electrons. The molecule has 1 N–H and O–H groups in total. The van der Waals surface area contributed by atoms with E-state index < -0.39 is 0 Å². The average Bonchev–Trinajstić information content (AvgIpc) is 2.53. The van der Waals surface area contributed by atoms with Gasteiger partial charge in [0, 0.05) is 24.9 Å². The van der Waals surface area contributed by atoms with E-state index in [4.69, 9.17) is 0 Å². The van der Waals surface area contributed by atoms with Gasteiger partial charge in [-0.05, 0) is 43.4 Å². The van der Waals surface area contributed by atoms with Gasteiger partial charge in [-0.15, -0.1) is 0 Å². The van der Waals surface area contributed by atoms with Gasteiger partial charge in [0.2, 0.25) is 5.91 Å². The summed E-state index contributed by atoms with van der Waals surface area (Å²) in [4.78, 5) is 15.7. The topological polar surface area (TPSA) is 42.0 Å². The number of carbonyl (C=O) groups excluding carboxylic acids is 1. The van der Waals surface area contributed by atoms with Crippen molar-refractivity contribution in [2.75, 3.05) is 6.54 Å². The summed E-state index contributed by atoms with van der Waals surface area (Å²) < 4.78 is 0. The first-order valence-corrected chi connectivity index (χ1v) is 6.03. The molecule has 1 fully saturated rings. The molecule has 1 aliphatic heterocycles. The molecule has 0 aliphatic carbocycles. The van der Waals surface area contributed by atoms with E-state index in [0.717, 1.165) is 32.2 Å². The Morgan fingerprint density at radius 1 is 1.31 bits per heavy atom. The van der Waals surface area contributed by atoms with Gasteiger partial charge in [-0.1, -0.05) is 6.42 Å². The maximum Gasteiger partial charge on any atom is 0.223 e. The number of rotatable bonds is 3. The molecule has 1 unspecified atom stereocenters. The summed E-state index contributed by atoms with van der Waals surface area (Å²) in [6, 6.07) is 4.04. The normalized spacial score (nSPS) is 21.2. The summed E-state index contributed by atoms with van der Waals surface area (Å²) >= 11 is 0. The molecule has 1 aromatic rings. The van der Waals surface area contributed by atoms with Crippen LogP contribution >= 0.6 is 0 Å². The van der Waals surface area contributed by atoms with Gasteiger partial charge in [0.1, 0.15) is 0 Å². The minimum atomic E-state index is 0.204. The third-order valence-electron chi connectivity index (χ3n) is 3.18. The van der Waals surface area contributed by atoms with Gasteiger partial charge in [0.15, 0.2) is 0 Å². The fourth-order valence-electron chi connectivity index (χ4n) is 2.17. The first kappa shape index (κ1) is 11.1. The third-order valence-corrected chi connectivity index (χ3v) is 3.18. The molecule has 0 aromatic carbocycles. The van der Waals surface area contributed by atoms with Crippen molar-refractivity contribution in [3.63, 3.8) is 0 Å². The molecule has 1 aromatic heterocycles. The third kappa shape index (κ3) is 3.05. The molecule has 1 aliphatic rings. The van der Waals surface area contributed by atoms with Crippen LogP contribution in [0.2, 0.25) is 0 Å². The minimum absolute atomic E-state index is 0.204. The van der Waals surface area contributed by atoms with Crippen LogP contribution in [0.4, 0.5) is 0 Å². The van der Waals surface area contributed by atoms with Crippen molar-refractivity contribution in [3.8, 4) is 0 Å². The number of pyridine rings is 1. The lowest BCUT2D eigenvalue weighted by Crippen LogP contribution is -2.29. The van der Waals surface area contributed by atoms with Gasteiger partial charge >= 0.3 is 0 Å². The molecule has 1 saturated heterocycles. The van der Waals surface area contributed by atoms with E-state index in [2.05, 4.69) is 10.3 Å². The molecule has 3 heteroatoms. The van der Waals surface area contributed by atoms with Crippen molar-refractivity contribution in [1.82, 2.24) is 10.3 Å². The molecule has 0 bridgehead atoms. The predicted octanol–water partition coefficient (Wildman–Crippen LogP) is 1.93. The number of hydrogen-bond acceptors (Lipinski definition) is 2. The standard InChI is InChI=1S/C13H18N2O/c16-13-12(3-1-2-8-15-13)5-4-11-6-9-14-10-7-11/h6-7,9-10,12H,1-5,8H2,(H,15,16). The summed E-state index contributed by atoms with van der Waals surface area (Å²) in [5, 5.41) is 2.98. The SMILES string of the molecule is O=C1NCCCCC1CCc1ccncc1. The molecule has 0 saturated carbocycles. The lowest BCUT2D eigenvalue weighted by atomic mass is 9.95. The van der Waals surface area contributed by atoms with Gasteiger partial charge in [0.05, 0.1) is 0 Å². The second kappa shape index (κ2) is 5.64. The van der Waals surface area contributed by atoms with E-state index in [1.54, 1.807) is 0 Å². The summed E-state index contributed by atoms with van der Waals surface area (Å²) in [7, 11) is 0. The van der Waals surface area contributed by atoms with Crippen LogP contribution < -0.4 is 5.32 Å². The number of aromatic nitrogens is 1. The monoisotopic (exact) mass is 218 g/mol. The van der Waals surface area contributed by atoms with E-state index in [9.17, 15) is 4.79 Å². The van der Waals surface area contributed by atoms with Gasteiger partial charge < -0.3 is 5.32 Å². The van der Waals surface area contributed by atoms with Crippen LogP contribution in [0, 0.1) is 5.92 Å². The molecule has 16 heavy (non-hydrogen) atoms. The van der Waals surface area contributed by atoms with Crippen molar-refractivity contribution in [2.45, 2.75) is 32.1 Å². The zero-order valence-electron chi connectivity index (χ0n) is 9.48. The fraction of sp³-hybridized carbons (Fsp3) is 0.538. The summed E-state index contributed by atoms with van der Waals surface area (Å²) in [6.45, 7) is 0.852. The van der Waals surface area contributed by atoms with Crippen molar-refractivity contribution in [1.29, 1.82) is 0 Å². The molecular formula is C13H18N2O. The summed E-state index contributed by atoms with van der Waals surface area (Å²) in [5.41, 5.74) is 1.27. The van der Waals surface area contributed by atoms with E-state index >= 15 is 0 Å². The van der Waals surface area contributed by atoms with Crippen molar-refractivity contribution in [2.24, 2.45) is 5.92 Å². The Labute approximate surface area is 96.3 Å². The van der Waals surface area contributed by atoms with Crippen LogP contribution in [0.1, 0.15) is 31.2 Å². The average molecular weight is 218 g/mol. The molecule has 0 radical (unpaired) electrons. The van der Waals surface area contributed by atoms with Crippen LogP contribution in [0.3, 0.4) is 0 Å². The maximum absolute atomic E-state index is 11.7. The van der Waals surface area contributed by atoms with Crippen LogP contribution in [-0.2, 0) is 11.2 Å². The molecular weight excluding hydrogens is 200 g/mol. The second-order valence-electron chi connectivity index (χ2n) is 4.38. The van der Waals surface area contributed by atoms with Crippen LogP contribution in [0.5, 0.6) is 0 Å². The lowest BCUT2D eigenvalue weighted by Gasteiger charge is -2.12. The molecule has 1 atom stereocenters. The van der Waals surface area contributed by atoms with E-state index in [1.165, 1.54) is 12.0 Å². The van der Waals surface area contributed by atoms with E-state index in [0.29, 0.717) is 0 Å². The van der Waals surface area contributed by atoms with E-state index in [-0.39, 0.29) is 11.8 Å². The van der Waals surface area contributed by atoms with Gasteiger partial charge in [0.25, 0.3) is 0 Å². The number of nitrogens with zero attached hydrogens (tertiary/aromatic N) is 1. The highest BCUT2D eigenvalue weighted by molar-refractivity contribution is 5.78. The number of amides is 1. The Bertz CT molecular complexity index is 337. The molecule has 2 rings (SSSR count). The number of carbonyl (C=O) groups is 1. The van der Waals surface area contributed by atoms with Crippen LogP contribution in [0.15, 0.2) is 24.5 Å². The highest BCUT2D eigenvalue weighted by atomic mass is 16.1. The number of aryl methyl sites for hydroxylation is 1.